The van der Waals surface area contributed by atoms with Crippen molar-refractivity contribution >= 4 is 32.8 Å². The second-order valence-electron chi connectivity index (χ2n) is 2.79. The molecule has 0 aliphatic carbocycles. The van der Waals surface area contributed by atoms with Gasteiger partial charge in [0, 0.05) is 0 Å². The fourth-order valence-electron chi connectivity index (χ4n) is 1.11. The van der Waals surface area contributed by atoms with Gasteiger partial charge in [-0.2, -0.15) is 0 Å². The summed E-state index contributed by atoms with van der Waals surface area (Å²) in [4.78, 5) is 15.0. The fourth-order valence-corrected chi connectivity index (χ4v) is 1.99. The molecule has 1 amide bonds. The molecular formula is C9H8N2O3S. The van der Waals surface area contributed by atoms with Gasteiger partial charge in [0.05, 0.1) is 17.3 Å². The Labute approximate surface area is 89.3 Å². The predicted molar refractivity (Wildman–Crippen MR) is 57.3 cm³/mol. The molecule has 1 aromatic carbocycles. The summed E-state index contributed by atoms with van der Waals surface area (Å²) in [6.07, 6.45) is -0.557. The number of rotatable bonds is 1. The minimum absolute atomic E-state index is 0.177. The van der Waals surface area contributed by atoms with Crippen LogP contribution in [-0.4, -0.2) is 23.3 Å². The predicted octanol–water partition coefficient (Wildman–Crippen LogP) is 2.18. The molecule has 0 bridgehead atoms. The maximum atomic E-state index is 10.9. The molecule has 1 aromatic heterocycles. The number of nitrogens with zero attached hydrogens (tertiary/aromatic N) is 1. The lowest BCUT2D eigenvalue weighted by Crippen LogP contribution is -2.10. The fraction of sp³-hybridized carbons (Fsp3) is 0.111. The van der Waals surface area contributed by atoms with E-state index in [9.17, 15) is 9.90 Å². The molecule has 0 saturated heterocycles. The molecule has 0 unspecified atom stereocenters. The van der Waals surface area contributed by atoms with E-state index in [0.717, 1.165) is 10.2 Å². The van der Waals surface area contributed by atoms with Crippen LogP contribution in [0.3, 0.4) is 0 Å². The van der Waals surface area contributed by atoms with Crippen molar-refractivity contribution < 1.29 is 14.6 Å². The molecule has 0 radical (unpaired) electrons. The highest BCUT2D eigenvalue weighted by atomic mass is 32.1. The molecule has 2 N–H and O–H groups in total. The standard InChI is InChI=1S/C9H8N2O3S/c1-14-9(13)11-8-10-6-3-2-5(12)4-7(6)15-8/h2-4,12H,1H3,(H,10,11,13). The first-order valence-electron chi connectivity index (χ1n) is 4.13. The normalized spacial score (nSPS) is 10.2. The second kappa shape index (κ2) is 3.74. The number of aromatic nitrogens is 1. The number of benzene rings is 1. The lowest BCUT2D eigenvalue weighted by Gasteiger charge is -1.96. The summed E-state index contributed by atoms with van der Waals surface area (Å²) in [5.74, 6) is 0.177. The van der Waals surface area contributed by atoms with Crippen LogP contribution in [0.2, 0.25) is 0 Å². The van der Waals surface area contributed by atoms with E-state index in [1.54, 1.807) is 18.2 Å². The molecule has 0 fully saturated rings. The summed E-state index contributed by atoms with van der Waals surface area (Å²) in [5, 5.41) is 12.1. The zero-order valence-corrected chi connectivity index (χ0v) is 8.67. The molecule has 0 aliphatic heterocycles. The first-order chi connectivity index (χ1) is 7.19. The number of carbonyl (C=O) groups is 1. The van der Waals surface area contributed by atoms with Gasteiger partial charge in [0.2, 0.25) is 0 Å². The maximum absolute atomic E-state index is 10.9. The van der Waals surface area contributed by atoms with Gasteiger partial charge in [-0.1, -0.05) is 11.3 Å². The first kappa shape index (κ1) is 9.72. The van der Waals surface area contributed by atoms with E-state index in [0.29, 0.717) is 5.13 Å². The summed E-state index contributed by atoms with van der Waals surface area (Å²) in [6.45, 7) is 0. The van der Waals surface area contributed by atoms with Gasteiger partial charge in [-0.15, -0.1) is 0 Å². The van der Waals surface area contributed by atoms with Crippen molar-refractivity contribution in [3.05, 3.63) is 18.2 Å². The highest BCUT2D eigenvalue weighted by Crippen LogP contribution is 2.28. The van der Waals surface area contributed by atoms with Crippen molar-refractivity contribution in [2.45, 2.75) is 0 Å². The van der Waals surface area contributed by atoms with E-state index in [1.165, 1.54) is 18.4 Å². The minimum Gasteiger partial charge on any atom is -0.508 e. The Morgan fingerprint density at radius 3 is 3.13 bits per heavy atom. The largest absolute Gasteiger partial charge is 0.508 e. The number of methoxy groups -OCH3 is 1. The van der Waals surface area contributed by atoms with Crippen LogP contribution in [0.15, 0.2) is 18.2 Å². The third-order valence-corrected chi connectivity index (χ3v) is 2.70. The number of anilines is 1. The molecule has 2 aromatic rings. The smallest absolute Gasteiger partial charge is 0.413 e. The number of amides is 1. The van der Waals surface area contributed by atoms with Crippen LogP contribution in [0.1, 0.15) is 0 Å². The van der Waals surface area contributed by atoms with Crippen LogP contribution in [-0.2, 0) is 4.74 Å². The van der Waals surface area contributed by atoms with E-state index in [-0.39, 0.29) is 5.75 Å². The van der Waals surface area contributed by atoms with Gasteiger partial charge in [-0.3, -0.25) is 5.32 Å². The lowest BCUT2D eigenvalue weighted by molar-refractivity contribution is 0.187. The van der Waals surface area contributed by atoms with E-state index in [1.807, 2.05) is 0 Å². The first-order valence-corrected chi connectivity index (χ1v) is 4.95. The average Bonchev–Trinajstić information content (AvgIpc) is 2.59. The van der Waals surface area contributed by atoms with Gasteiger partial charge in [0.1, 0.15) is 5.75 Å². The Morgan fingerprint density at radius 2 is 2.40 bits per heavy atom. The van der Waals surface area contributed by atoms with Crippen LogP contribution in [0, 0.1) is 0 Å². The number of ether oxygens (including phenoxy) is 1. The summed E-state index contributed by atoms with van der Waals surface area (Å²) in [7, 11) is 1.29. The van der Waals surface area contributed by atoms with Crippen molar-refractivity contribution in [2.24, 2.45) is 0 Å². The Bertz CT molecular complexity index is 509. The maximum Gasteiger partial charge on any atom is 0.413 e. The van der Waals surface area contributed by atoms with Gasteiger partial charge < -0.3 is 9.84 Å². The number of fused-ring (bicyclic) bond motifs is 1. The van der Waals surface area contributed by atoms with Crippen LogP contribution in [0.4, 0.5) is 9.93 Å². The molecule has 6 heteroatoms. The second-order valence-corrected chi connectivity index (χ2v) is 3.82. The monoisotopic (exact) mass is 224 g/mol. The minimum atomic E-state index is -0.557. The Balaban J connectivity index is 2.34. The highest BCUT2D eigenvalue weighted by molar-refractivity contribution is 7.22. The number of hydrogen-bond acceptors (Lipinski definition) is 5. The van der Waals surface area contributed by atoms with Crippen molar-refractivity contribution in [2.75, 3.05) is 12.4 Å². The SMILES string of the molecule is COC(=O)Nc1nc2ccc(O)cc2s1. The van der Waals surface area contributed by atoms with Crippen LogP contribution >= 0.6 is 11.3 Å². The average molecular weight is 224 g/mol. The molecular weight excluding hydrogens is 216 g/mol. The molecule has 0 spiro atoms. The third-order valence-electron chi connectivity index (χ3n) is 1.77. The molecule has 0 saturated carbocycles. The number of nitrogens with one attached hydrogen (secondary N) is 1. The topological polar surface area (TPSA) is 71.5 Å². The number of aromatic hydroxyl groups is 1. The van der Waals surface area contributed by atoms with Crippen molar-refractivity contribution in [1.29, 1.82) is 0 Å². The van der Waals surface area contributed by atoms with Crippen LogP contribution < -0.4 is 5.32 Å². The van der Waals surface area contributed by atoms with Crippen LogP contribution in [0.25, 0.3) is 10.2 Å². The Kier molecular flexibility index (Phi) is 2.42. The highest BCUT2D eigenvalue weighted by Gasteiger charge is 2.07. The molecule has 5 nitrogen and oxygen atoms in total. The molecule has 15 heavy (non-hydrogen) atoms. The van der Waals surface area contributed by atoms with Gasteiger partial charge >= 0.3 is 6.09 Å². The summed E-state index contributed by atoms with van der Waals surface area (Å²) in [5.41, 5.74) is 0.726. The number of carbonyl (C=O) groups excluding carboxylic acids is 1. The zero-order chi connectivity index (χ0) is 10.8. The van der Waals surface area contributed by atoms with E-state index in [4.69, 9.17) is 0 Å². The number of phenols is 1. The van der Waals surface area contributed by atoms with Crippen molar-refractivity contribution in [3.63, 3.8) is 0 Å². The van der Waals surface area contributed by atoms with Crippen molar-refractivity contribution in [3.8, 4) is 5.75 Å². The van der Waals surface area contributed by atoms with E-state index >= 15 is 0 Å². The van der Waals surface area contributed by atoms with Gasteiger partial charge in [0.15, 0.2) is 5.13 Å². The quantitative estimate of drug-likeness (QED) is 0.778. The third kappa shape index (κ3) is 1.99. The van der Waals surface area contributed by atoms with Gasteiger partial charge in [-0.25, -0.2) is 9.78 Å². The zero-order valence-electron chi connectivity index (χ0n) is 7.85. The molecule has 2 rings (SSSR count). The van der Waals surface area contributed by atoms with Crippen LogP contribution in [0.5, 0.6) is 5.75 Å². The Hall–Kier alpha value is -1.82. The van der Waals surface area contributed by atoms with Gasteiger partial charge in [-0.05, 0) is 18.2 Å². The summed E-state index contributed by atoms with van der Waals surface area (Å²) < 4.78 is 5.25. The van der Waals surface area contributed by atoms with Gasteiger partial charge in [0.25, 0.3) is 0 Å². The summed E-state index contributed by atoms with van der Waals surface area (Å²) in [6, 6.07) is 4.82. The number of phenolic OH excluding ortho intramolecular Hbond substituents is 1. The van der Waals surface area contributed by atoms with Crippen molar-refractivity contribution in [1.82, 2.24) is 4.98 Å². The molecule has 78 valence electrons. The summed E-state index contributed by atoms with van der Waals surface area (Å²) >= 11 is 1.27. The van der Waals surface area contributed by atoms with E-state index < -0.39 is 6.09 Å². The molecule has 1 heterocycles. The molecule has 0 atom stereocenters. The lowest BCUT2D eigenvalue weighted by atomic mass is 10.3. The number of hydrogen-bond donors (Lipinski definition) is 2. The molecule has 0 aliphatic rings. The number of thiazole rings is 1. The Morgan fingerprint density at radius 1 is 1.60 bits per heavy atom. The van der Waals surface area contributed by atoms with E-state index in [2.05, 4.69) is 15.0 Å².